The van der Waals surface area contributed by atoms with Crippen LogP contribution in [0.4, 0.5) is 0 Å². The highest BCUT2D eigenvalue weighted by Gasteiger charge is 2.46. The molecule has 2 unspecified atom stereocenters. The van der Waals surface area contributed by atoms with Crippen LogP contribution in [-0.4, -0.2) is 27.0 Å². The third-order valence-electron chi connectivity index (χ3n) is 7.87. The van der Waals surface area contributed by atoms with E-state index in [-0.39, 0.29) is 17.8 Å². The van der Waals surface area contributed by atoms with Crippen LogP contribution < -0.4 is 0 Å². The summed E-state index contributed by atoms with van der Waals surface area (Å²) in [5.74, 6) is 2.16. The molecule has 2 aromatic rings. The van der Waals surface area contributed by atoms with Gasteiger partial charge in [0.2, 0.25) is 0 Å². The molecule has 0 aromatic carbocycles. The van der Waals surface area contributed by atoms with E-state index in [2.05, 4.69) is 29.9 Å². The Kier molecular flexibility index (Phi) is 4.82. The Morgan fingerprint density at radius 2 is 1.76 bits per heavy atom. The van der Waals surface area contributed by atoms with Crippen LogP contribution in [0.5, 0.6) is 0 Å². The molecule has 0 radical (unpaired) electrons. The second kappa shape index (κ2) is 7.12. The van der Waals surface area contributed by atoms with Crippen molar-refractivity contribution in [3.05, 3.63) is 22.5 Å². The van der Waals surface area contributed by atoms with Crippen molar-refractivity contribution >= 4 is 27.3 Å². The van der Waals surface area contributed by atoms with Crippen LogP contribution in [0, 0.1) is 30.1 Å². The smallest absolute Gasteiger partial charge is 0.185 e. The van der Waals surface area contributed by atoms with Crippen LogP contribution in [0.1, 0.15) is 92.3 Å². The maximum Gasteiger partial charge on any atom is 0.185 e. The number of hydrogen-bond acceptors (Lipinski definition) is 5. The number of aliphatic hydroxyl groups is 1. The van der Waals surface area contributed by atoms with E-state index in [4.69, 9.17) is 0 Å². The summed E-state index contributed by atoms with van der Waals surface area (Å²) < 4.78 is 0. The Morgan fingerprint density at radius 1 is 1.10 bits per heavy atom. The second-order valence-corrected chi connectivity index (χ2v) is 11.6. The summed E-state index contributed by atoms with van der Waals surface area (Å²) in [6.45, 7) is 6.64. The molecule has 2 heterocycles. The molecule has 0 amide bonds. The summed E-state index contributed by atoms with van der Waals surface area (Å²) in [5, 5.41) is 11.1. The number of thiophene rings is 1. The van der Waals surface area contributed by atoms with Crippen molar-refractivity contribution in [2.75, 3.05) is 0 Å². The molecule has 4 nitrogen and oxygen atoms in total. The molecule has 156 valence electrons. The zero-order valence-electron chi connectivity index (χ0n) is 17.8. The number of fused-ring (bicyclic) bond motifs is 3. The van der Waals surface area contributed by atoms with Gasteiger partial charge >= 0.3 is 0 Å². The van der Waals surface area contributed by atoms with E-state index in [9.17, 15) is 9.90 Å². The quantitative estimate of drug-likeness (QED) is 0.660. The van der Waals surface area contributed by atoms with Crippen molar-refractivity contribution < 1.29 is 9.90 Å². The SMILES string of the molecule is Cc1nc(C(=O)C2[C@@H]3CC[C@H]2CC(O)C3)c2cc(C3CCC(C)(C)CC3)sc2n1. The fourth-order valence-electron chi connectivity index (χ4n) is 6.20. The van der Waals surface area contributed by atoms with Crippen LogP contribution in [0.2, 0.25) is 0 Å². The van der Waals surface area contributed by atoms with E-state index in [0.29, 0.717) is 34.7 Å². The number of aromatic nitrogens is 2. The fraction of sp³-hybridized carbons (Fsp3) is 0.708. The average molecular weight is 413 g/mol. The minimum atomic E-state index is -0.230. The highest BCUT2D eigenvalue weighted by molar-refractivity contribution is 7.18. The maximum atomic E-state index is 13.6. The van der Waals surface area contributed by atoms with Gasteiger partial charge in [-0.05, 0) is 87.5 Å². The number of Topliss-reactive ketones (excluding diaryl/α,β-unsaturated/α-hetero) is 1. The van der Waals surface area contributed by atoms with Crippen molar-refractivity contribution in [3.63, 3.8) is 0 Å². The van der Waals surface area contributed by atoms with E-state index in [1.807, 2.05) is 6.92 Å². The first-order valence-corrected chi connectivity index (χ1v) is 12.1. The zero-order chi connectivity index (χ0) is 20.3. The maximum absolute atomic E-state index is 13.6. The van der Waals surface area contributed by atoms with E-state index < -0.39 is 0 Å². The predicted molar refractivity (Wildman–Crippen MR) is 116 cm³/mol. The summed E-state index contributed by atoms with van der Waals surface area (Å²) in [5.41, 5.74) is 1.10. The minimum absolute atomic E-state index is 0.0368. The number of aliphatic hydroxyl groups excluding tert-OH is 1. The molecule has 3 fully saturated rings. The van der Waals surface area contributed by atoms with Crippen molar-refractivity contribution in [2.24, 2.45) is 23.2 Å². The van der Waals surface area contributed by atoms with E-state index in [0.717, 1.165) is 35.9 Å². The molecule has 3 saturated carbocycles. The average Bonchev–Trinajstić information content (AvgIpc) is 3.19. The molecule has 2 bridgehead atoms. The van der Waals surface area contributed by atoms with Gasteiger partial charge < -0.3 is 5.11 Å². The Bertz CT molecular complexity index is 926. The van der Waals surface area contributed by atoms with E-state index in [1.54, 1.807) is 11.3 Å². The van der Waals surface area contributed by atoms with Gasteiger partial charge in [-0.25, -0.2) is 9.97 Å². The van der Waals surface area contributed by atoms with Gasteiger partial charge in [0.05, 0.1) is 6.10 Å². The van der Waals surface area contributed by atoms with Crippen LogP contribution in [0.25, 0.3) is 10.2 Å². The van der Waals surface area contributed by atoms with Gasteiger partial charge in [-0.2, -0.15) is 0 Å². The van der Waals surface area contributed by atoms with Gasteiger partial charge in [0.1, 0.15) is 16.3 Å². The molecule has 0 aliphatic heterocycles. The summed E-state index contributed by atoms with van der Waals surface area (Å²) in [6, 6.07) is 2.23. The Hall–Kier alpha value is -1.33. The molecule has 5 heteroatoms. The molecule has 1 N–H and O–H groups in total. The lowest BCUT2D eigenvalue weighted by Gasteiger charge is -2.33. The van der Waals surface area contributed by atoms with Crippen molar-refractivity contribution in [2.45, 2.75) is 84.2 Å². The fourth-order valence-corrected chi connectivity index (χ4v) is 7.45. The molecule has 2 aromatic heterocycles. The number of rotatable bonds is 3. The molecular formula is C24H32N2O2S. The van der Waals surface area contributed by atoms with E-state index >= 15 is 0 Å². The van der Waals surface area contributed by atoms with Gasteiger partial charge in [-0.1, -0.05) is 13.8 Å². The standard InChI is InChI=1S/C24H32N2O2S/c1-13-25-21(22(28)20-15-4-5-16(20)11-17(27)10-15)18-12-19(29-23(18)26-13)14-6-8-24(2,3)9-7-14/h12,14-17,20,27H,4-11H2,1-3H3/t15-,16+,17?,20?. The third kappa shape index (κ3) is 3.54. The number of hydrogen-bond donors (Lipinski definition) is 1. The highest BCUT2D eigenvalue weighted by Crippen LogP contribution is 2.49. The molecule has 3 aliphatic rings. The Balaban J connectivity index is 1.48. The largest absolute Gasteiger partial charge is 0.393 e. The molecule has 0 saturated heterocycles. The van der Waals surface area contributed by atoms with Crippen molar-refractivity contribution in [3.8, 4) is 0 Å². The lowest BCUT2D eigenvalue weighted by molar-refractivity contribution is 0.0505. The normalized spacial score (nSPS) is 32.0. The first-order chi connectivity index (χ1) is 13.8. The topological polar surface area (TPSA) is 63.1 Å². The molecule has 5 rings (SSSR count). The molecular weight excluding hydrogens is 380 g/mol. The zero-order valence-corrected chi connectivity index (χ0v) is 18.6. The van der Waals surface area contributed by atoms with Gasteiger partial charge in [0.15, 0.2) is 5.78 Å². The molecule has 0 spiro atoms. The number of carbonyl (C=O) groups excluding carboxylic acids is 1. The van der Waals surface area contributed by atoms with Crippen molar-refractivity contribution in [1.82, 2.24) is 9.97 Å². The van der Waals surface area contributed by atoms with Crippen LogP contribution >= 0.6 is 11.3 Å². The lowest BCUT2D eigenvalue weighted by Crippen LogP contribution is -2.34. The summed E-state index contributed by atoms with van der Waals surface area (Å²) in [4.78, 5) is 25.3. The van der Waals surface area contributed by atoms with Gasteiger partial charge in [-0.15, -0.1) is 11.3 Å². The number of nitrogens with zero attached hydrogens (tertiary/aromatic N) is 2. The van der Waals surface area contributed by atoms with Gasteiger partial charge in [0.25, 0.3) is 0 Å². The Labute approximate surface area is 177 Å². The highest BCUT2D eigenvalue weighted by atomic mass is 32.1. The lowest BCUT2D eigenvalue weighted by atomic mass is 9.72. The van der Waals surface area contributed by atoms with Crippen LogP contribution in [0.15, 0.2) is 6.07 Å². The Morgan fingerprint density at radius 3 is 2.41 bits per heavy atom. The van der Waals surface area contributed by atoms with Crippen molar-refractivity contribution in [1.29, 1.82) is 0 Å². The summed E-state index contributed by atoms with van der Waals surface area (Å²) >= 11 is 1.77. The van der Waals surface area contributed by atoms with Crippen LogP contribution in [0.3, 0.4) is 0 Å². The minimum Gasteiger partial charge on any atom is -0.393 e. The van der Waals surface area contributed by atoms with E-state index in [1.165, 1.54) is 30.6 Å². The first kappa shape index (κ1) is 19.6. The molecule has 29 heavy (non-hydrogen) atoms. The summed E-state index contributed by atoms with van der Waals surface area (Å²) in [7, 11) is 0. The van der Waals surface area contributed by atoms with Gasteiger partial charge in [-0.3, -0.25) is 4.79 Å². The third-order valence-corrected chi connectivity index (χ3v) is 9.07. The number of aryl methyl sites for hydroxylation is 1. The summed E-state index contributed by atoms with van der Waals surface area (Å²) in [6.07, 6.45) is 8.41. The van der Waals surface area contributed by atoms with Crippen LogP contribution in [-0.2, 0) is 0 Å². The first-order valence-electron chi connectivity index (χ1n) is 11.3. The second-order valence-electron chi connectivity index (χ2n) is 10.5. The monoisotopic (exact) mass is 412 g/mol. The van der Waals surface area contributed by atoms with Gasteiger partial charge in [0, 0.05) is 16.2 Å². The molecule has 4 atom stereocenters. The number of carbonyl (C=O) groups is 1. The molecule has 3 aliphatic carbocycles. The number of ketones is 1. The predicted octanol–water partition coefficient (Wildman–Crippen LogP) is 5.66.